The Hall–Kier alpha value is -1.61. The van der Waals surface area contributed by atoms with Crippen LogP contribution in [0, 0.1) is 0 Å². The second kappa shape index (κ2) is 4.82. The van der Waals surface area contributed by atoms with Crippen LogP contribution >= 0.6 is 15.9 Å². The molecule has 0 saturated heterocycles. The molecular weight excluding hydrogens is 302 g/mol. The second-order valence-electron chi connectivity index (χ2n) is 4.88. The van der Waals surface area contributed by atoms with E-state index in [2.05, 4.69) is 46.9 Å². The lowest BCUT2D eigenvalue weighted by molar-refractivity contribution is 0.619. The summed E-state index contributed by atoms with van der Waals surface area (Å²) in [6, 6.07) is 14.1. The Bertz CT molecular complexity index is 730. The lowest BCUT2D eigenvalue weighted by Gasteiger charge is -2.02. The number of aromatic nitrogens is 1. The first-order chi connectivity index (χ1) is 9.15. The van der Waals surface area contributed by atoms with E-state index in [4.69, 9.17) is 4.42 Å². The van der Waals surface area contributed by atoms with Gasteiger partial charge in [-0.25, -0.2) is 4.98 Å². The zero-order valence-electron chi connectivity index (χ0n) is 10.9. The van der Waals surface area contributed by atoms with Gasteiger partial charge in [-0.05, 0) is 51.7 Å². The van der Waals surface area contributed by atoms with Gasteiger partial charge in [0.25, 0.3) is 0 Å². The van der Waals surface area contributed by atoms with Gasteiger partial charge in [-0.2, -0.15) is 0 Å². The van der Waals surface area contributed by atoms with E-state index in [-0.39, 0.29) is 0 Å². The van der Waals surface area contributed by atoms with Gasteiger partial charge in [-0.1, -0.05) is 32.0 Å². The molecule has 0 spiro atoms. The Morgan fingerprint density at radius 2 is 1.89 bits per heavy atom. The van der Waals surface area contributed by atoms with Gasteiger partial charge in [-0.3, -0.25) is 0 Å². The number of rotatable bonds is 2. The molecule has 3 rings (SSSR count). The Morgan fingerprint density at radius 3 is 2.63 bits per heavy atom. The van der Waals surface area contributed by atoms with Crippen molar-refractivity contribution in [1.29, 1.82) is 0 Å². The normalized spacial score (nSPS) is 11.4. The first kappa shape index (κ1) is 12.4. The molecule has 0 aliphatic heterocycles. The van der Waals surface area contributed by atoms with E-state index >= 15 is 0 Å². The monoisotopic (exact) mass is 315 g/mol. The van der Waals surface area contributed by atoms with Crippen molar-refractivity contribution in [2.75, 3.05) is 0 Å². The van der Waals surface area contributed by atoms with Crippen LogP contribution in [0.4, 0.5) is 0 Å². The molecule has 1 aromatic heterocycles. The zero-order valence-corrected chi connectivity index (χ0v) is 12.4. The van der Waals surface area contributed by atoms with E-state index in [9.17, 15) is 0 Å². The smallest absolute Gasteiger partial charge is 0.228 e. The number of oxazole rings is 1. The molecule has 0 N–H and O–H groups in total. The standard InChI is InChI=1S/C16H14BrNO/c1-10(2)11-7-8-15-14(9-11)18-16(19-15)12-5-3-4-6-13(12)17/h3-10H,1-2H3. The van der Waals surface area contributed by atoms with Gasteiger partial charge in [-0.15, -0.1) is 0 Å². The summed E-state index contributed by atoms with van der Waals surface area (Å²) in [6.07, 6.45) is 0. The minimum atomic E-state index is 0.494. The van der Waals surface area contributed by atoms with Gasteiger partial charge >= 0.3 is 0 Å². The highest BCUT2D eigenvalue weighted by Gasteiger charge is 2.11. The van der Waals surface area contributed by atoms with Crippen LogP contribution in [0.15, 0.2) is 51.4 Å². The summed E-state index contributed by atoms with van der Waals surface area (Å²) in [6.45, 7) is 4.35. The summed E-state index contributed by atoms with van der Waals surface area (Å²) < 4.78 is 6.82. The van der Waals surface area contributed by atoms with Gasteiger partial charge < -0.3 is 4.42 Å². The van der Waals surface area contributed by atoms with Crippen LogP contribution in [0.5, 0.6) is 0 Å². The van der Waals surface area contributed by atoms with Crippen molar-refractivity contribution in [2.24, 2.45) is 0 Å². The van der Waals surface area contributed by atoms with Crippen molar-refractivity contribution in [3.63, 3.8) is 0 Å². The molecule has 2 nitrogen and oxygen atoms in total. The maximum atomic E-state index is 5.83. The Labute approximate surface area is 120 Å². The van der Waals surface area contributed by atoms with E-state index in [1.807, 2.05) is 30.3 Å². The minimum absolute atomic E-state index is 0.494. The summed E-state index contributed by atoms with van der Waals surface area (Å²) in [5, 5.41) is 0. The van der Waals surface area contributed by atoms with E-state index in [1.54, 1.807) is 0 Å². The highest BCUT2D eigenvalue weighted by atomic mass is 79.9. The molecular formula is C16H14BrNO. The molecule has 0 fully saturated rings. The van der Waals surface area contributed by atoms with Crippen molar-refractivity contribution in [3.05, 3.63) is 52.5 Å². The Balaban J connectivity index is 2.14. The Kier molecular flexibility index (Phi) is 3.15. The molecule has 2 aromatic carbocycles. The van der Waals surface area contributed by atoms with Crippen molar-refractivity contribution in [2.45, 2.75) is 19.8 Å². The molecule has 0 atom stereocenters. The van der Waals surface area contributed by atoms with Crippen LogP contribution in [-0.2, 0) is 0 Å². The Morgan fingerprint density at radius 1 is 1.11 bits per heavy atom. The predicted molar refractivity (Wildman–Crippen MR) is 81.2 cm³/mol. The summed E-state index contributed by atoms with van der Waals surface area (Å²) in [5.41, 5.74) is 4.00. The lowest BCUT2D eigenvalue weighted by Crippen LogP contribution is -1.85. The summed E-state index contributed by atoms with van der Waals surface area (Å²) >= 11 is 3.53. The van der Waals surface area contributed by atoms with Crippen LogP contribution < -0.4 is 0 Å². The SMILES string of the molecule is CC(C)c1ccc2oc(-c3ccccc3Br)nc2c1. The molecule has 96 valence electrons. The largest absolute Gasteiger partial charge is 0.436 e. The fourth-order valence-corrected chi connectivity index (χ4v) is 2.51. The first-order valence-electron chi connectivity index (χ1n) is 6.30. The van der Waals surface area contributed by atoms with Crippen molar-refractivity contribution >= 4 is 27.0 Å². The minimum Gasteiger partial charge on any atom is -0.436 e. The van der Waals surface area contributed by atoms with Gasteiger partial charge in [0.05, 0.1) is 5.56 Å². The third-order valence-electron chi connectivity index (χ3n) is 3.18. The van der Waals surface area contributed by atoms with Crippen LogP contribution in [0.25, 0.3) is 22.6 Å². The zero-order chi connectivity index (χ0) is 13.4. The van der Waals surface area contributed by atoms with Crippen LogP contribution in [-0.4, -0.2) is 4.98 Å². The quantitative estimate of drug-likeness (QED) is 0.634. The molecule has 0 saturated carbocycles. The first-order valence-corrected chi connectivity index (χ1v) is 7.10. The van der Waals surface area contributed by atoms with Crippen molar-refractivity contribution in [3.8, 4) is 11.5 Å². The van der Waals surface area contributed by atoms with E-state index < -0.39 is 0 Å². The molecule has 3 aromatic rings. The highest BCUT2D eigenvalue weighted by Crippen LogP contribution is 2.31. The molecule has 0 radical (unpaired) electrons. The van der Waals surface area contributed by atoms with Gasteiger partial charge in [0, 0.05) is 4.47 Å². The molecule has 0 unspecified atom stereocenters. The third kappa shape index (κ3) is 2.30. The molecule has 0 aliphatic carbocycles. The average molecular weight is 316 g/mol. The van der Waals surface area contributed by atoms with Crippen LogP contribution in [0.2, 0.25) is 0 Å². The highest BCUT2D eigenvalue weighted by molar-refractivity contribution is 9.10. The predicted octanol–water partition coefficient (Wildman–Crippen LogP) is 5.38. The maximum absolute atomic E-state index is 5.83. The molecule has 3 heteroatoms. The maximum Gasteiger partial charge on any atom is 0.228 e. The number of hydrogen-bond acceptors (Lipinski definition) is 2. The molecule has 0 bridgehead atoms. The second-order valence-corrected chi connectivity index (χ2v) is 5.74. The van der Waals surface area contributed by atoms with Gasteiger partial charge in [0.1, 0.15) is 5.52 Å². The van der Waals surface area contributed by atoms with E-state index in [1.165, 1.54) is 5.56 Å². The molecule has 0 aliphatic rings. The topological polar surface area (TPSA) is 26.0 Å². The lowest BCUT2D eigenvalue weighted by atomic mass is 10.0. The molecule has 19 heavy (non-hydrogen) atoms. The fourth-order valence-electron chi connectivity index (χ4n) is 2.05. The summed E-state index contributed by atoms with van der Waals surface area (Å²) in [7, 11) is 0. The van der Waals surface area contributed by atoms with E-state index in [0.717, 1.165) is 21.1 Å². The van der Waals surface area contributed by atoms with Crippen LogP contribution in [0.1, 0.15) is 25.3 Å². The number of fused-ring (bicyclic) bond motifs is 1. The third-order valence-corrected chi connectivity index (χ3v) is 3.87. The summed E-state index contributed by atoms with van der Waals surface area (Å²) in [5.74, 6) is 1.15. The number of hydrogen-bond donors (Lipinski definition) is 0. The number of nitrogens with zero attached hydrogens (tertiary/aromatic N) is 1. The van der Waals surface area contributed by atoms with E-state index in [0.29, 0.717) is 11.8 Å². The van der Waals surface area contributed by atoms with Crippen molar-refractivity contribution in [1.82, 2.24) is 4.98 Å². The fraction of sp³-hybridized carbons (Fsp3) is 0.188. The number of halogens is 1. The van der Waals surface area contributed by atoms with Crippen LogP contribution in [0.3, 0.4) is 0 Å². The van der Waals surface area contributed by atoms with Crippen molar-refractivity contribution < 1.29 is 4.42 Å². The molecule has 0 amide bonds. The number of benzene rings is 2. The summed E-state index contributed by atoms with van der Waals surface area (Å²) in [4.78, 5) is 4.59. The van der Waals surface area contributed by atoms with Gasteiger partial charge in [0.2, 0.25) is 5.89 Å². The van der Waals surface area contributed by atoms with Gasteiger partial charge in [0.15, 0.2) is 5.58 Å². The average Bonchev–Trinajstić information content (AvgIpc) is 2.81. The molecule has 1 heterocycles.